The number of hydrogen-bond donors (Lipinski definition) is 0. The molecule has 0 radical (unpaired) electrons. The van der Waals surface area contributed by atoms with E-state index in [-0.39, 0.29) is 17.7 Å². The Morgan fingerprint density at radius 2 is 1.85 bits per heavy atom. The van der Waals surface area contributed by atoms with Crippen LogP contribution in [0.4, 0.5) is 0 Å². The number of rotatable bonds is 5. The summed E-state index contributed by atoms with van der Waals surface area (Å²) >= 11 is 0. The Kier molecular flexibility index (Phi) is 5.39. The van der Waals surface area contributed by atoms with Crippen molar-refractivity contribution in [3.63, 3.8) is 0 Å². The largest absolute Gasteiger partial charge is 0.493 e. The van der Waals surface area contributed by atoms with E-state index in [1.807, 2.05) is 21.9 Å². The van der Waals surface area contributed by atoms with Gasteiger partial charge in [-0.2, -0.15) is 0 Å². The zero-order valence-corrected chi connectivity index (χ0v) is 16.1. The Labute approximate surface area is 155 Å². The Hall–Kier alpha value is -2.24. The zero-order chi connectivity index (χ0) is 18.8. The van der Waals surface area contributed by atoms with E-state index in [9.17, 15) is 9.59 Å². The lowest BCUT2D eigenvalue weighted by molar-refractivity contribution is -0.136. The Morgan fingerprint density at radius 1 is 1.19 bits per heavy atom. The van der Waals surface area contributed by atoms with Gasteiger partial charge >= 0.3 is 0 Å². The number of nitrogens with zero attached hydrogens (tertiary/aromatic N) is 2. The molecule has 2 aliphatic heterocycles. The van der Waals surface area contributed by atoms with E-state index in [2.05, 4.69) is 13.8 Å². The number of likely N-dealkylation sites (tertiary alicyclic amines) is 1. The normalized spacial score (nSPS) is 19.7. The van der Waals surface area contributed by atoms with E-state index in [0.717, 1.165) is 24.3 Å². The van der Waals surface area contributed by atoms with Gasteiger partial charge in [-0.1, -0.05) is 13.8 Å². The molecule has 142 valence electrons. The molecule has 1 aromatic carbocycles. The highest BCUT2D eigenvalue weighted by molar-refractivity contribution is 5.89. The Morgan fingerprint density at radius 3 is 2.46 bits per heavy atom. The van der Waals surface area contributed by atoms with Crippen LogP contribution in [0.3, 0.4) is 0 Å². The molecule has 0 aliphatic carbocycles. The van der Waals surface area contributed by atoms with Crippen molar-refractivity contribution in [2.45, 2.75) is 33.2 Å². The average Bonchev–Trinajstić information content (AvgIpc) is 2.99. The van der Waals surface area contributed by atoms with Crippen LogP contribution in [0.25, 0.3) is 0 Å². The van der Waals surface area contributed by atoms with Gasteiger partial charge in [-0.3, -0.25) is 9.59 Å². The van der Waals surface area contributed by atoms with Crippen molar-refractivity contribution in [3.05, 3.63) is 23.3 Å². The number of benzene rings is 1. The maximum absolute atomic E-state index is 13.0. The maximum atomic E-state index is 13.0. The van der Waals surface area contributed by atoms with Gasteiger partial charge in [0.25, 0.3) is 0 Å². The van der Waals surface area contributed by atoms with Crippen LogP contribution >= 0.6 is 0 Å². The van der Waals surface area contributed by atoms with Crippen LogP contribution in [0.1, 0.15) is 31.4 Å². The van der Waals surface area contributed by atoms with Crippen LogP contribution in [0.2, 0.25) is 0 Å². The van der Waals surface area contributed by atoms with Crippen LogP contribution in [-0.4, -0.2) is 55.5 Å². The molecular weight excluding hydrogens is 332 g/mol. The van der Waals surface area contributed by atoms with Crippen LogP contribution in [0.5, 0.6) is 11.5 Å². The summed E-state index contributed by atoms with van der Waals surface area (Å²) in [5.74, 6) is 1.78. The minimum atomic E-state index is -0.219. The number of fused-ring (bicyclic) bond motifs is 1. The summed E-state index contributed by atoms with van der Waals surface area (Å²) in [7, 11) is 3.24. The van der Waals surface area contributed by atoms with Crippen LogP contribution in [0.15, 0.2) is 12.1 Å². The lowest BCUT2D eigenvalue weighted by Crippen LogP contribution is -2.40. The molecule has 6 heteroatoms. The Balaban J connectivity index is 1.70. The molecule has 26 heavy (non-hydrogen) atoms. The van der Waals surface area contributed by atoms with Crippen molar-refractivity contribution < 1.29 is 19.1 Å². The third kappa shape index (κ3) is 3.64. The summed E-state index contributed by atoms with van der Waals surface area (Å²) in [6.07, 6.45) is 1.12. The van der Waals surface area contributed by atoms with Crippen LogP contribution in [-0.2, 0) is 22.6 Å². The fourth-order valence-corrected chi connectivity index (χ4v) is 3.88. The van der Waals surface area contributed by atoms with E-state index in [1.54, 1.807) is 14.2 Å². The molecule has 0 spiro atoms. The Bertz CT molecular complexity index is 701. The predicted molar refractivity (Wildman–Crippen MR) is 98.2 cm³/mol. The molecular formula is C20H28N2O4. The van der Waals surface area contributed by atoms with Crippen molar-refractivity contribution in [3.8, 4) is 11.5 Å². The summed E-state index contributed by atoms with van der Waals surface area (Å²) in [4.78, 5) is 28.9. The topological polar surface area (TPSA) is 59.1 Å². The smallest absolute Gasteiger partial charge is 0.228 e. The van der Waals surface area contributed by atoms with Gasteiger partial charge in [-0.25, -0.2) is 0 Å². The minimum absolute atomic E-state index is 0.0880. The lowest BCUT2D eigenvalue weighted by Gasteiger charge is -2.31. The molecule has 1 saturated heterocycles. The second kappa shape index (κ2) is 7.56. The summed E-state index contributed by atoms with van der Waals surface area (Å²) in [6.45, 7) is 6.68. The fourth-order valence-electron chi connectivity index (χ4n) is 3.88. The summed E-state index contributed by atoms with van der Waals surface area (Å²) in [5, 5.41) is 0. The SMILES string of the molecule is COc1cc2c(cc1OC)CN(C(=O)C1CC(=O)N(CC(C)C)C1)CC2. The second-order valence-corrected chi connectivity index (χ2v) is 7.58. The van der Waals surface area contributed by atoms with Crippen molar-refractivity contribution in [1.29, 1.82) is 0 Å². The molecule has 2 amide bonds. The number of amides is 2. The van der Waals surface area contributed by atoms with E-state index in [1.165, 1.54) is 5.56 Å². The number of ether oxygens (including phenoxy) is 2. The highest BCUT2D eigenvalue weighted by Gasteiger charge is 2.37. The first kappa shape index (κ1) is 18.5. The lowest BCUT2D eigenvalue weighted by atomic mass is 9.97. The first-order valence-electron chi connectivity index (χ1n) is 9.23. The van der Waals surface area contributed by atoms with Gasteiger partial charge in [0.15, 0.2) is 11.5 Å². The van der Waals surface area contributed by atoms with Gasteiger partial charge < -0.3 is 19.3 Å². The van der Waals surface area contributed by atoms with E-state index in [0.29, 0.717) is 37.7 Å². The van der Waals surface area contributed by atoms with E-state index in [4.69, 9.17) is 9.47 Å². The molecule has 0 saturated carbocycles. The van der Waals surface area contributed by atoms with Crippen molar-refractivity contribution in [2.75, 3.05) is 33.9 Å². The molecule has 1 unspecified atom stereocenters. The number of methoxy groups -OCH3 is 2. The maximum Gasteiger partial charge on any atom is 0.228 e. The molecule has 1 aromatic rings. The van der Waals surface area contributed by atoms with Gasteiger partial charge in [0.05, 0.1) is 20.1 Å². The molecule has 0 N–H and O–H groups in total. The molecule has 0 aromatic heterocycles. The molecule has 2 heterocycles. The standard InChI is InChI=1S/C20H28N2O4/c1-13(2)10-22-12-16(9-19(22)23)20(24)21-6-5-14-7-17(25-3)18(26-4)8-15(14)11-21/h7-8,13,16H,5-6,9-12H2,1-4H3. The van der Waals surface area contributed by atoms with E-state index >= 15 is 0 Å². The molecule has 2 aliphatic rings. The van der Waals surface area contributed by atoms with Crippen LogP contribution < -0.4 is 9.47 Å². The highest BCUT2D eigenvalue weighted by atomic mass is 16.5. The summed E-state index contributed by atoms with van der Waals surface area (Å²) in [6, 6.07) is 3.96. The monoisotopic (exact) mass is 360 g/mol. The molecule has 1 atom stereocenters. The van der Waals surface area contributed by atoms with Gasteiger partial charge in [-0.15, -0.1) is 0 Å². The first-order valence-corrected chi connectivity index (χ1v) is 9.23. The van der Waals surface area contributed by atoms with Crippen molar-refractivity contribution in [2.24, 2.45) is 11.8 Å². The number of carbonyl (C=O) groups excluding carboxylic acids is 2. The van der Waals surface area contributed by atoms with Gasteiger partial charge in [0.1, 0.15) is 0 Å². The molecule has 6 nitrogen and oxygen atoms in total. The minimum Gasteiger partial charge on any atom is -0.493 e. The average molecular weight is 360 g/mol. The second-order valence-electron chi connectivity index (χ2n) is 7.58. The van der Waals surface area contributed by atoms with Gasteiger partial charge in [-0.05, 0) is 35.6 Å². The highest BCUT2D eigenvalue weighted by Crippen LogP contribution is 2.34. The third-order valence-electron chi connectivity index (χ3n) is 5.18. The molecule has 1 fully saturated rings. The van der Waals surface area contributed by atoms with Gasteiger partial charge in [0, 0.05) is 32.6 Å². The number of hydrogen-bond acceptors (Lipinski definition) is 4. The first-order chi connectivity index (χ1) is 12.4. The quantitative estimate of drug-likeness (QED) is 0.807. The summed E-state index contributed by atoms with van der Waals surface area (Å²) in [5.41, 5.74) is 2.28. The molecule has 3 rings (SSSR count). The van der Waals surface area contributed by atoms with Crippen LogP contribution in [0, 0.1) is 11.8 Å². The number of carbonyl (C=O) groups is 2. The van der Waals surface area contributed by atoms with Gasteiger partial charge in [0.2, 0.25) is 11.8 Å². The van der Waals surface area contributed by atoms with Crippen molar-refractivity contribution in [1.82, 2.24) is 9.80 Å². The third-order valence-corrected chi connectivity index (χ3v) is 5.18. The predicted octanol–water partition coefficient (Wildman–Crippen LogP) is 2.09. The fraction of sp³-hybridized carbons (Fsp3) is 0.600. The summed E-state index contributed by atoms with van der Waals surface area (Å²) < 4.78 is 10.7. The van der Waals surface area contributed by atoms with Crippen molar-refractivity contribution >= 4 is 11.8 Å². The zero-order valence-electron chi connectivity index (χ0n) is 16.1. The molecule has 0 bridgehead atoms. The van der Waals surface area contributed by atoms with E-state index < -0.39 is 0 Å².